The molecule has 1 aromatic heterocycles. The van der Waals surface area contributed by atoms with Crippen molar-refractivity contribution < 1.29 is 13.2 Å². The zero-order valence-electron chi connectivity index (χ0n) is 18.1. The summed E-state index contributed by atoms with van der Waals surface area (Å²) in [7, 11) is -3.51. The van der Waals surface area contributed by atoms with Crippen molar-refractivity contribution in [2.75, 3.05) is 24.2 Å². The van der Waals surface area contributed by atoms with Crippen molar-refractivity contribution in [1.82, 2.24) is 13.9 Å². The number of amides is 1. The predicted octanol–water partition coefficient (Wildman–Crippen LogP) is 4.13. The molecule has 9 heteroatoms. The zero-order chi connectivity index (χ0) is 22.0. The van der Waals surface area contributed by atoms with Gasteiger partial charge >= 0.3 is 0 Å². The Bertz CT molecular complexity index is 1050. The third kappa shape index (κ3) is 4.83. The molecule has 2 heterocycles. The second kappa shape index (κ2) is 9.34. The van der Waals surface area contributed by atoms with E-state index in [-0.39, 0.29) is 16.6 Å². The lowest BCUT2D eigenvalue weighted by Crippen LogP contribution is -2.28. The Balaban J connectivity index is 1.42. The highest BCUT2D eigenvalue weighted by Crippen LogP contribution is 2.35. The number of rotatable bonds is 7. The molecule has 2 aliphatic rings. The van der Waals surface area contributed by atoms with Gasteiger partial charge in [0.1, 0.15) is 0 Å². The van der Waals surface area contributed by atoms with Gasteiger partial charge in [0, 0.05) is 30.5 Å². The first-order chi connectivity index (χ1) is 14.9. The maximum absolute atomic E-state index is 12.8. The second-order valence-corrected chi connectivity index (χ2v) is 11.2. The van der Waals surface area contributed by atoms with Crippen LogP contribution in [0, 0.1) is 13.8 Å². The van der Waals surface area contributed by atoms with Crippen molar-refractivity contribution in [3.05, 3.63) is 35.7 Å². The van der Waals surface area contributed by atoms with Crippen LogP contribution in [0.2, 0.25) is 0 Å². The molecule has 1 saturated heterocycles. The first-order valence-corrected chi connectivity index (χ1v) is 13.4. The lowest BCUT2D eigenvalue weighted by molar-refractivity contribution is -0.113. The van der Waals surface area contributed by atoms with E-state index >= 15 is 0 Å². The normalized spacial score (nSPS) is 18.0. The molecule has 7 nitrogen and oxygen atoms in total. The molecular formula is C22H30N4O3S2. The third-order valence-corrected chi connectivity index (χ3v) is 9.04. The molecule has 0 spiro atoms. The van der Waals surface area contributed by atoms with Gasteiger partial charge < -0.3 is 9.88 Å². The van der Waals surface area contributed by atoms with Crippen LogP contribution >= 0.6 is 11.8 Å². The van der Waals surface area contributed by atoms with Crippen LogP contribution in [0.1, 0.15) is 56.0 Å². The number of hydrogen-bond acceptors (Lipinski definition) is 5. The van der Waals surface area contributed by atoms with Crippen molar-refractivity contribution in [2.24, 2.45) is 0 Å². The molecule has 1 aliphatic carbocycles. The van der Waals surface area contributed by atoms with Crippen molar-refractivity contribution >= 4 is 33.4 Å². The third-order valence-electron chi connectivity index (χ3n) is 6.20. The monoisotopic (exact) mass is 462 g/mol. The largest absolute Gasteiger partial charge is 0.325 e. The van der Waals surface area contributed by atoms with Gasteiger partial charge in [-0.05, 0) is 57.7 Å². The molecule has 1 saturated carbocycles. The fourth-order valence-electron chi connectivity index (χ4n) is 4.43. The van der Waals surface area contributed by atoms with Gasteiger partial charge in [0.05, 0.1) is 16.3 Å². The van der Waals surface area contributed by atoms with E-state index in [1.54, 1.807) is 24.3 Å². The SMILES string of the molecule is Cc1nc(SCC(=O)Nc2cccc(S(=O)(=O)N3CCCC3)c2)n(C2CCCC2)c1C. The summed E-state index contributed by atoms with van der Waals surface area (Å²) in [4.78, 5) is 17.5. The summed E-state index contributed by atoms with van der Waals surface area (Å²) in [6.07, 6.45) is 6.58. The number of thioether (sulfide) groups is 1. The van der Waals surface area contributed by atoms with Crippen molar-refractivity contribution in [3.8, 4) is 0 Å². The molecule has 1 aliphatic heterocycles. The molecule has 0 unspecified atom stereocenters. The van der Waals surface area contributed by atoms with E-state index in [2.05, 4.69) is 21.8 Å². The molecule has 1 aromatic carbocycles. The number of aromatic nitrogens is 2. The smallest absolute Gasteiger partial charge is 0.243 e. The number of anilines is 1. The number of nitrogens with one attached hydrogen (secondary N) is 1. The van der Waals surface area contributed by atoms with Gasteiger partial charge in [-0.1, -0.05) is 30.7 Å². The number of sulfonamides is 1. The molecule has 1 N–H and O–H groups in total. The lowest BCUT2D eigenvalue weighted by atomic mass is 10.2. The van der Waals surface area contributed by atoms with Crippen LogP contribution in [0.3, 0.4) is 0 Å². The number of benzene rings is 1. The summed E-state index contributed by atoms with van der Waals surface area (Å²) in [5.74, 6) is 0.0584. The molecule has 0 radical (unpaired) electrons. The van der Waals surface area contributed by atoms with E-state index in [1.807, 2.05) is 6.92 Å². The summed E-state index contributed by atoms with van der Waals surface area (Å²) in [5.41, 5.74) is 2.68. The summed E-state index contributed by atoms with van der Waals surface area (Å²) in [5, 5.41) is 3.74. The summed E-state index contributed by atoms with van der Waals surface area (Å²) >= 11 is 1.44. The van der Waals surface area contributed by atoms with E-state index in [4.69, 9.17) is 0 Å². The second-order valence-electron chi connectivity index (χ2n) is 8.35. The molecule has 168 valence electrons. The Kier molecular flexibility index (Phi) is 6.74. The number of carbonyl (C=O) groups excluding carboxylic acids is 1. The average Bonchev–Trinajstić information content (AvgIpc) is 3.50. The highest BCUT2D eigenvalue weighted by molar-refractivity contribution is 7.99. The van der Waals surface area contributed by atoms with Crippen LogP contribution < -0.4 is 5.32 Å². The van der Waals surface area contributed by atoms with Crippen molar-refractivity contribution in [2.45, 2.75) is 68.5 Å². The average molecular weight is 463 g/mol. The topological polar surface area (TPSA) is 84.3 Å². The Morgan fingerprint density at radius 2 is 1.87 bits per heavy atom. The molecule has 2 fully saturated rings. The molecule has 2 aromatic rings. The highest BCUT2D eigenvalue weighted by atomic mass is 32.2. The predicted molar refractivity (Wildman–Crippen MR) is 123 cm³/mol. The summed E-state index contributed by atoms with van der Waals surface area (Å²) in [6.45, 7) is 5.22. The lowest BCUT2D eigenvalue weighted by Gasteiger charge is -2.17. The molecular weight excluding hydrogens is 432 g/mol. The van der Waals surface area contributed by atoms with Gasteiger partial charge in [-0.3, -0.25) is 4.79 Å². The Morgan fingerprint density at radius 1 is 1.16 bits per heavy atom. The number of aryl methyl sites for hydroxylation is 1. The molecule has 31 heavy (non-hydrogen) atoms. The quantitative estimate of drug-likeness (QED) is 0.626. The van der Waals surface area contributed by atoms with Crippen molar-refractivity contribution in [3.63, 3.8) is 0 Å². The first-order valence-electron chi connectivity index (χ1n) is 10.9. The van der Waals surface area contributed by atoms with Gasteiger partial charge in [0.25, 0.3) is 0 Å². The van der Waals surface area contributed by atoms with Crippen molar-refractivity contribution in [1.29, 1.82) is 0 Å². The van der Waals surface area contributed by atoms with Crippen LogP contribution in [-0.2, 0) is 14.8 Å². The van der Waals surface area contributed by atoms with Gasteiger partial charge in [0.2, 0.25) is 15.9 Å². The van der Waals surface area contributed by atoms with E-state index < -0.39 is 10.0 Å². The number of hydrogen-bond donors (Lipinski definition) is 1. The minimum Gasteiger partial charge on any atom is -0.325 e. The summed E-state index contributed by atoms with van der Waals surface area (Å²) in [6, 6.07) is 7.00. The van der Waals surface area contributed by atoms with E-state index in [9.17, 15) is 13.2 Å². The minimum atomic E-state index is -3.51. The molecule has 1 amide bonds. The van der Waals surface area contributed by atoms with E-state index in [1.165, 1.54) is 34.6 Å². The number of nitrogens with zero attached hydrogens (tertiary/aromatic N) is 3. The van der Waals surface area contributed by atoms with Gasteiger partial charge in [-0.15, -0.1) is 0 Å². The van der Waals surface area contributed by atoms with Gasteiger partial charge in [-0.25, -0.2) is 13.4 Å². The van der Waals surface area contributed by atoms with Crippen LogP contribution in [0.15, 0.2) is 34.3 Å². The van der Waals surface area contributed by atoms with E-state index in [0.29, 0.717) is 24.8 Å². The first kappa shape index (κ1) is 22.4. The van der Waals surface area contributed by atoms with E-state index in [0.717, 1.165) is 36.5 Å². The fraction of sp³-hybridized carbons (Fsp3) is 0.545. The zero-order valence-corrected chi connectivity index (χ0v) is 19.8. The number of imidazole rings is 1. The van der Waals surface area contributed by atoms with Gasteiger partial charge in [0.15, 0.2) is 5.16 Å². The highest BCUT2D eigenvalue weighted by Gasteiger charge is 2.27. The van der Waals surface area contributed by atoms with Crippen LogP contribution in [0.4, 0.5) is 5.69 Å². The van der Waals surface area contributed by atoms with Crippen LogP contribution in [0.5, 0.6) is 0 Å². The van der Waals surface area contributed by atoms with Crippen LogP contribution in [0.25, 0.3) is 0 Å². The standard InChI is InChI=1S/C22H30N4O3S2/c1-16-17(2)26(19-9-3-4-10-19)22(23-16)30-15-21(27)24-18-8-7-11-20(14-18)31(28,29)25-12-5-6-13-25/h7-8,11,14,19H,3-6,9-10,12-13,15H2,1-2H3,(H,24,27). The molecule has 0 bridgehead atoms. The molecule has 0 atom stereocenters. The Labute approximate surface area is 188 Å². The Hall–Kier alpha value is -1.84. The molecule has 4 rings (SSSR count). The van der Waals surface area contributed by atoms with Gasteiger partial charge in [-0.2, -0.15) is 4.31 Å². The maximum atomic E-state index is 12.8. The Morgan fingerprint density at radius 3 is 2.58 bits per heavy atom. The minimum absolute atomic E-state index is 0.169. The van der Waals surface area contributed by atoms with Crippen LogP contribution in [-0.4, -0.2) is 47.0 Å². The number of carbonyl (C=O) groups is 1. The summed E-state index contributed by atoms with van der Waals surface area (Å²) < 4.78 is 29.4. The maximum Gasteiger partial charge on any atom is 0.243 e. The fourth-order valence-corrected chi connectivity index (χ4v) is 6.95.